The predicted molar refractivity (Wildman–Crippen MR) is 161 cm³/mol. The van der Waals surface area contributed by atoms with Crippen LogP contribution in [0.1, 0.15) is 40.8 Å². The fourth-order valence-corrected chi connectivity index (χ4v) is 4.10. The van der Waals surface area contributed by atoms with Crippen molar-refractivity contribution < 1.29 is 22.6 Å². The number of hydrogen-bond donors (Lipinski definition) is 2. The van der Waals surface area contributed by atoms with Gasteiger partial charge < -0.3 is 20.1 Å². The van der Waals surface area contributed by atoms with E-state index < -0.39 is 11.7 Å². The molecule has 0 aromatic heterocycles. The van der Waals surface area contributed by atoms with Crippen molar-refractivity contribution in [3.05, 3.63) is 117 Å². The molecule has 0 saturated carbocycles. The number of ether oxygens (including phenoxy) is 2. The third-order valence-corrected chi connectivity index (χ3v) is 6.87. The SMILES string of the molecule is CNC(C)c1cc(C(F)(F)F)ccc1Oc1ccc(Cl)cc1.CNCc1cc(C)c(C)cc1Oc1ccc(Cl)cc1. The van der Waals surface area contributed by atoms with Gasteiger partial charge in [0.2, 0.25) is 0 Å². The topological polar surface area (TPSA) is 42.5 Å². The number of benzene rings is 4. The molecule has 218 valence electrons. The summed E-state index contributed by atoms with van der Waals surface area (Å²) in [7, 11) is 3.61. The summed E-state index contributed by atoms with van der Waals surface area (Å²) in [6.45, 7) is 6.75. The molecule has 0 bridgehead atoms. The quantitative estimate of drug-likeness (QED) is 0.210. The lowest BCUT2D eigenvalue weighted by atomic mass is 10.0. The Bertz CT molecular complexity index is 1430. The number of halogens is 5. The molecule has 0 spiro atoms. The average Bonchev–Trinajstić information content (AvgIpc) is 2.93. The first-order valence-corrected chi connectivity index (χ1v) is 13.7. The molecule has 4 nitrogen and oxygen atoms in total. The van der Waals surface area contributed by atoms with Gasteiger partial charge in [0.1, 0.15) is 23.0 Å². The Balaban J connectivity index is 0.000000228. The highest BCUT2D eigenvalue weighted by atomic mass is 35.5. The van der Waals surface area contributed by atoms with Crippen LogP contribution in [0, 0.1) is 13.8 Å². The molecule has 0 amide bonds. The Kier molecular flexibility index (Phi) is 11.5. The number of hydrogen-bond acceptors (Lipinski definition) is 4. The summed E-state index contributed by atoms with van der Waals surface area (Å²) in [4.78, 5) is 0. The van der Waals surface area contributed by atoms with Crippen molar-refractivity contribution in [1.29, 1.82) is 0 Å². The van der Waals surface area contributed by atoms with Crippen molar-refractivity contribution in [3.8, 4) is 23.0 Å². The van der Waals surface area contributed by atoms with Crippen molar-refractivity contribution in [2.45, 2.75) is 39.5 Å². The highest BCUT2D eigenvalue weighted by Crippen LogP contribution is 2.36. The Morgan fingerprint density at radius 1 is 0.732 bits per heavy atom. The van der Waals surface area contributed by atoms with E-state index in [-0.39, 0.29) is 6.04 Å². The molecule has 4 rings (SSSR count). The highest BCUT2D eigenvalue weighted by Gasteiger charge is 2.31. The van der Waals surface area contributed by atoms with Gasteiger partial charge in [0.15, 0.2) is 0 Å². The number of alkyl halides is 3. The molecule has 0 radical (unpaired) electrons. The van der Waals surface area contributed by atoms with Crippen LogP contribution in [-0.4, -0.2) is 14.1 Å². The predicted octanol–water partition coefficient (Wildman–Crippen LogP) is 9.90. The molecular formula is C32H33Cl2F3N2O2. The van der Waals surface area contributed by atoms with Crippen LogP contribution in [0.2, 0.25) is 10.0 Å². The fraction of sp³-hybridized carbons (Fsp3) is 0.250. The van der Waals surface area contributed by atoms with Crippen molar-refractivity contribution in [2.75, 3.05) is 14.1 Å². The summed E-state index contributed by atoms with van der Waals surface area (Å²) < 4.78 is 50.2. The van der Waals surface area contributed by atoms with Gasteiger partial charge in [0.25, 0.3) is 0 Å². The summed E-state index contributed by atoms with van der Waals surface area (Å²) in [6.07, 6.45) is -4.39. The zero-order valence-electron chi connectivity index (χ0n) is 23.5. The monoisotopic (exact) mass is 604 g/mol. The van der Waals surface area contributed by atoms with Crippen LogP contribution < -0.4 is 20.1 Å². The first kappa shape index (κ1) is 32.3. The van der Waals surface area contributed by atoms with Crippen molar-refractivity contribution in [3.63, 3.8) is 0 Å². The molecular weight excluding hydrogens is 572 g/mol. The molecule has 9 heteroatoms. The van der Waals surface area contributed by atoms with E-state index in [1.54, 1.807) is 38.2 Å². The number of aryl methyl sites for hydroxylation is 2. The van der Waals surface area contributed by atoms with Crippen LogP contribution in [0.4, 0.5) is 13.2 Å². The van der Waals surface area contributed by atoms with E-state index in [0.29, 0.717) is 27.1 Å². The molecule has 0 saturated heterocycles. The summed E-state index contributed by atoms with van der Waals surface area (Å²) in [5.74, 6) is 2.57. The van der Waals surface area contributed by atoms with Crippen LogP contribution in [0.15, 0.2) is 78.9 Å². The first-order valence-electron chi connectivity index (χ1n) is 12.9. The van der Waals surface area contributed by atoms with E-state index in [1.807, 2.05) is 31.3 Å². The minimum atomic E-state index is -4.39. The van der Waals surface area contributed by atoms with E-state index >= 15 is 0 Å². The summed E-state index contributed by atoms with van der Waals surface area (Å²) in [5.41, 5.74) is 3.39. The van der Waals surface area contributed by atoms with Crippen LogP contribution in [0.3, 0.4) is 0 Å². The largest absolute Gasteiger partial charge is 0.457 e. The van der Waals surface area contributed by atoms with Gasteiger partial charge in [-0.15, -0.1) is 0 Å². The lowest BCUT2D eigenvalue weighted by Gasteiger charge is -2.18. The van der Waals surface area contributed by atoms with E-state index in [1.165, 1.54) is 17.2 Å². The molecule has 41 heavy (non-hydrogen) atoms. The van der Waals surface area contributed by atoms with Crippen molar-refractivity contribution in [2.24, 2.45) is 0 Å². The van der Waals surface area contributed by atoms with E-state index in [9.17, 15) is 13.2 Å². The van der Waals surface area contributed by atoms with Gasteiger partial charge in [-0.25, -0.2) is 0 Å². The number of rotatable bonds is 8. The summed E-state index contributed by atoms with van der Waals surface area (Å²) in [6, 6.07) is 21.4. The van der Waals surface area contributed by atoms with Gasteiger partial charge in [0.05, 0.1) is 5.56 Å². The van der Waals surface area contributed by atoms with Gasteiger partial charge in [-0.1, -0.05) is 29.3 Å². The van der Waals surface area contributed by atoms with Crippen LogP contribution in [-0.2, 0) is 12.7 Å². The lowest BCUT2D eigenvalue weighted by molar-refractivity contribution is -0.137. The molecule has 0 heterocycles. The van der Waals surface area contributed by atoms with Crippen LogP contribution in [0.25, 0.3) is 0 Å². The third kappa shape index (κ3) is 9.40. The molecule has 4 aromatic rings. The molecule has 0 aliphatic heterocycles. The standard InChI is InChI=1S/C16H15ClF3NO.C16H18ClNO/c1-10(21-2)14-9-11(16(18,19)20)3-8-15(14)22-13-6-4-12(17)5-7-13;1-11-8-13(10-18-3)16(9-12(11)2)19-15-6-4-14(17)5-7-15/h3-10,21H,1-2H3;4-9,18H,10H2,1-3H3. The maximum atomic E-state index is 12.9. The Hall–Kier alpha value is -3.23. The second kappa shape index (κ2) is 14.6. The smallest absolute Gasteiger partial charge is 0.416 e. The second-order valence-corrected chi connectivity index (χ2v) is 10.3. The average molecular weight is 606 g/mol. The molecule has 1 atom stereocenters. The summed E-state index contributed by atoms with van der Waals surface area (Å²) >= 11 is 11.7. The van der Waals surface area contributed by atoms with E-state index in [0.717, 1.165) is 35.7 Å². The summed E-state index contributed by atoms with van der Waals surface area (Å²) in [5, 5.41) is 7.36. The molecule has 0 aliphatic carbocycles. The molecule has 1 unspecified atom stereocenters. The van der Waals surface area contributed by atoms with Gasteiger partial charge in [-0.05, 0) is 119 Å². The Labute approximate surface area is 249 Å². The van der Waals surface area contributed by atoms with E-state index in [4.69, 9.17) is 32.7 Å². The van der Waals surface area contributed by atoms with Gasteiger partial charge in [-0.3, -0.25) is 0 Å². The molecule has 2 N–H and O–H groups in total. The minimum Gasteiger partial charge on any atom is -0.457 e. The minimum absolute atomic E-state index is 0.287. The van der Waals surface area contributed by atoms with Crippen molar-refractivity contribution in [1.82, 2.24) is 10.6 Å². The van der Waals surface area contributed by atoms with E-state index in [2.05, 4.69) is 36.6 Å². The highest BCUT2D eigenvalue weighted by molar-refractivity contribution is 6.30. The molecule has 0 fully saturated rings. The Morgan fingerprint density at radius 2 is 1.24 bits per heavy atom. The third-order valence-electron chi connectivity index (χ3n) is 6.36. The lowest BCUT2D eigenvalue weighted by Crippen LogP contribution is -2.15. The van der Waals surface area contributed by atoms with Gasteiger partial charge in [0, 0.05) is 33.8 Å². The zero-order chi connectivity index (χ0) is 30.2. The van der Waals surface area contributed by atoms with Crippen LogP contribution >= 0.6 is 23.2 Å². The molecule has 4 aromatic carbocycles. The van der Waals surface area contributed by atoms with Gasteiger partial charge in [-0.2, -0.15) is 13.2 Å². The number of nitrogens with one attached hydrogen (secondary N) is 2. The van der Waals surface area contributed by atoms with Crippen molar-refractivity contribution >= 4 is 23.2 Å². The Morgan fingerprint density at radius 3 is 1.73 bits per heavy atom. The first-order chi connectivity index (χ1) is 19.4. The van der Waals surface area contributed by atoms with Gasteiger partial charge >= 0.3 is 6.18 Å². The van der Waals surface area contributed by atoms with Crippen LogP contribution in [0.5, 0.6) is 23.0 Å². The fourth-order valence-electron chi connectivity index (χ4n) is 3.84. The second-order valence-electron chi connectivity index (χ2n) is 9.45. The maximum absolute atomic E-state index is 12.9. The maximum Gasteiger partial charge on any atom is 0.416 e. The molecule has 0 aliphatic rings. The zero-order valence-corrected chi connectivity index (χ0v) is 25.0. The normalized spacial score (nSPS) is 11.9.